The lowest BCUT2D eigenvalue weighted by atomic mass is 9.94. The van der Waals surface area contributed by atoms with Gasteiger partial charge in [0.25, 0.3) is 0 Å². The summed E-state index contributed by atoms with van der Waals surface area (Å²) in [4.78, 5) is 16.8. The molecule has 0 radical (unpaired) electrons. The van der Waals surface area contributed by atoms with Gasteiger partial charge in [-0.15, -0.1) is 0 Å². The molecule has 0 amide bonds. The fourth-order valence-electron chi connectivity index (χ4n) is 3.91. The second-order valence-electron chi connectivity index (χ2n) is 7.41. The molecule has 2 aliphatic heterocycles. The molecule has 0 saturated carbocycles. The van der Waals surface area contributed by atoms with Crippen molar-refractivity contribution in [1.82, 2.24) is 14.5 Å². The molecule has 152 valence electrons. The first-order valence-electron chi connectivity index (χ1n) is 9.86. The molecule has 1 aromatic rings. The van der Waals surface area contributed by atoms with Crippen molar-refractivity contribution in [2.24, 2.45) is 5.92 Å². The smallest absolute Gasteiger partial charge is 0.390 e. The van der Waals surface area contributed by atoms with Crippen molar-refractivity contribution in [3.63, 3.8) is 0 Å². The molecule has 27 heavy (non-hydrogen) atoms. The van der Waals surface area contributed by atoms with Crippen LogP contribution in [0.5, 0.6) is 0 Å². The van der Waals surface area contributed by atoms with Crippen LogP contribution in [0.1, 0.15) is 38.5 Å². The van der Waals surface area contributed by atoms with Crippen molar-refractivity contribution in [2.45, 2.75) is 57.5 Å². The Hall–Kier alpha value is -1.58. The van der Waals surface area contributed by atoms with E-state index >= 15 is 0 Å². The highest BCUT2D eigenvalue weighted by Crippen LogP contribution is 2.23. The van der Waals surface area contributed by atoms with E-state index in [9.17, 15) is 14.5 Å². The number of piperidine rings is 1. The van der Waals surface area contributed by atoms with Gasteiger partial charge in [0, 0.05) is 13.2 Å². The molecular formula is C18H29FN4O4. The zero-order chi connectivity index (χ0) is 19.1. The molecule has 9 heteroatoms. The van der Waals surface area contributed by atoms with Crippen molar-refractivity contribution >= 4 is 5.95 Å². The molecule has 0 spiro atoms. The molecule has 2 aliphatic rings. The van der Waals surface area contributed by atoms with Gasteiger partial charge in [-0.25, -0.2) is 4.57 Å². The van der Waals surface area contributed by atoms with Crippen LogP contribution in [0.4, 0.5) is 10.3 Å². The Kier molecular flexibility index (Phi) is 7.54. The van der Waals surface area contributed by atoms with Crippen LogP contribution in [0.3, 0.4) is 0 Å². The maximum absolute atomic E-state index is 12.5. The van der Waals surface area contributed by atoms with Crippen LogP contribution in [-0.2, 0) is 16.0 Å². The van der Waals surface area contributed by atoms with Crippen molar-refractivity contribution in [2.75, 3.05) is 32.9 Å². The standard InChI is InChI=1S/C18H29FN4O4/c19-7-4-15-5-9-21(10-6-15)13-16(27-17-3-1-2-12-26-17)14-22-11-8-20-18(22)23(24)25/h8,11,15-17H,1-7,9-10,12-14H2. The summed E-state index contributed by atoms with van der Waals surface area (Å²) >= 11 is 0. The number of hydrogen-bond acceptors (Lipinski definition) is 6. The number of hydrogen-bond donors (Lipinski definition) is 0. The highest BCUT2D eigenvalue weighted by molar-refractivity contribution is 5.06. The first kappa shape index (κ1) is 20.2. The molecule has 0 N–H and O–H groups in total. The molecule has 2 saturated heterocycles. The van der Waals surface area contributed by atoms with Gasteiger partial charge in [-0.1, -0.05) is 4.98 Å². The zero-order valence-electron chi connectivity index (χ0n) is 15.7. The van der Waals surface area contributed by atoms with Crippen molar-refractivity contribution in [1.29, 1.82) is 0 Å². The third kappa shape index (κ3) is 5.95. The summed E-state index contributed by atoms with van der Waals surface area (Å²) < 4.78 is 26.0. The predicted molar refractivity (Wildman–Crippen MR) is 97.1 cm³/mol. The fourth-order valence-corrected chi connectivity index (χ4v) is 3.91. The normalized spacial score (nSPS) is 23.4. The van der Waals surface area contributed by atoms with Crippen LogP contribution in [0, 0.1) is 16.0 Å². The van der Waals surface area contributed by atoms with Gasteiger partial charge in [0.15, 0.2) is 6.29 Å². The molecule has 0 aromatic carbocycles. The summed E-state index contributed by atoms with van der Waals surface area (Å²) in [5.74, 6) is 0.289. The van der Waals surface area contributed by atoms with E-state index in [2.05, 4.69) is 9.88 Å². The van der Waals surface area contributed by atoms with Gasteiger partial charge in [-0.3, -0.25) is 4.39 Å². The van der Waals surface area contributed by atoms with E-state index in [0.29, 0.717) is 32.0 Å². The molecule has 2 unspecified atom stereocenters. The minimum atomic E-state index is -0.476. The number of alkyl halides is 1. The van der Waals surface area contributed by atoms with Gasteiger partial charge < -0.3 is 24.5 Å². The lowest BCUT2D eigenvalue weighted by Crippen LogP contribution is -2.43. The number of aromatic nitrogens is 2. The number of imidazole rings is 1. The van der Waals surface area contributed by atoms with E-state index in [1.807, 2.05) is 0 Å². The lowest BCUT2D eigenvalue weighted by Gasteiger charge is -2.35. The monoisotopic (exact) mass is 384 g/mol. The van der Waals surface area contributed by atoms with Gasteiger partial charge in [-0.2, -0.15) is 0 Å². The number of rotatable bonds is 9. The van der Waals surface area contributed by atoms with Crippen LogP contribution in [0.15, 0.2) is 12.4 Å². The molecule has 8 nitrogen and oxygen atoms in total. The van der Waals surface area contributed by atoms with Crippen LogP contribution < -0.4 is 0 Å². The third-order valence-corrected chi connectivity index (χ3v) is 5.43. The number of halogens is 1. The maximum Gasteiger partial charge on any atom is 0.434 e. The average Bonchev–Trinajstić information content (AvgIpc) is 3.13. The van der Waals surface area contributed by atoms with Gasteiger partial charge in [0.05, 0.1) is 13.2 Å². The minimum absolute atomic E-state index is 0.171. The quantitative estimate of drug-likeness (QED) is 0.481. The first-order valence-corrected chi connectivity index (χ1v) is 9.86. The SMILES string of the molecule is O=[N+]([O-])c1nccn1CC(CN1CCC(CCF)CC1)OC1CCCCO1. The minimum Gasteiger partial charge on any atom is -0.390 e. The topological polar surface area (TPSA) is 82.7 Å². The highest BCUT2D eigenvalue weighted by Gasteiger charge is 2.27. The number of ether oxygens (including phenoxy) is 2. The second-order valence-corrected chi connectivity index (χ2v) is 7.41. The van der Waals surface area contributed by atoms with E-state index in [1.54, 1.807) is 6.20 Å². The van der Waals surface area contributed by atoms with Crippen LogP contribution in [0.2, 0.25) is 0 Å². The van der Waals surface area contributed by atoms with Gasteiger partial charge in [0.2, 0.25) is 0 Å². The molecule has 3 rings (SSSR count). The van der Waals surface area contributed by atoms with Gasteiger partial charge >= 0.3 is 5.95 Å². The Bertz CT molecular complexity index is 586. The van der Waals surface area contributed by atoms with Crippen LogP contribution >= 0.6 is 0 Å². The molecule has 1 aromatic heterocycles. The molecule has 3 heterocycles. The van der Waals surface area contributed by atoms with Gasteiger partial charge in [0.1, 0.15) is 18.5 Å². The number of nitro groups is 1. The Morgan fingerprint density at radius 2 is 2.15 bits per heavy atom. The second kappa shape index (κ2) is 10.1. The Morgan fingerprint density at radius 1 is 1.33 bits per heavy atom. The molecule has 2 fully saturated rings. The first-order chi connectivity index (χ1) is 13.2. The van der Waals surface area contributed by atoms with Crippen LogP contribution in [0.25, 0.3) is 0 Å². The van der Waals surface area contributed by atoms with E-state index in [-0.39, 0.29) is 25.0 Å². The molecule has 0 bridgehead atoms. The Morgan fingerprint density at radius 3 is 2.81 bits per heavy atom. The zero-order valence-corrected chi connectivity index (χ0v) is 15.7. The summed E-state index contributed by atoms with van der Waals surface area (Å²) in [7, 11) is 0. The van der Waals surface area contributed by atoms with E-state index in [0.717, 1.165) is 45.2 Å². The summed E-state index contributed by atoms with van der Waals surface area (Å²) in [6.45, 7) is 3.29. The van der Waals surface area contributed by atoms with Crippen molar-refractivity contribution in [3.8, 4) is 0 Å². The number of likely N-dealkylation sites (tertiary alicyclic amines) is 1. The summed E-state index contributed by atoms with van der Waals surface area (Å²) in [5, 5.41) is 11.2. The van der Waals surface area contributed by atoms with E-state index in [4.69, 9.17) is 9.47 Å². The summed E-state index contributed by atoms with van der Waals surface area (Å²) in [6.07, 6.45) is 8.15. The van der Waals surface area contributed by atoms with E-state index in [1.165, 1.54) is 10.8 Å². The third-order valence-electron chi connectivity index (χ3n) is 5.43. The average molecular weight is 384 g/mol. The molecule has 0 aliphatic carbocycles. The Balaban J connectivity index is 1.60. The summed E-state index contributed by atoms with van der Waals surface area (Å²) in [5.41, 5.74) is 0. The predicted octanol–water partition coefficient (Wildman–Crippen LogP) is 2.77. The number of nitrogens with zero attached hydrogens (tertiary/aromatic N) is 4. The molecular weight excluding hydrogens is 355 g/mol. The largest absolute Gasteiger partial charge is 0.434 e. The fraction of sp³-hybridized carbons (Fsp3) is 0.833. The maximum atomic E-state index is 12.5. The molecule has 2 atom stereocenters. The van der Waals surface area contributed by atoms with Crippen LogP contribution in [-0.4, -0.2) is 64.7 Å². The summed E-state index contributed by atoms with van der Waals surface area (Å²) in [6, 6.07) is 0. The van der Waals surface area contributed by atoms with Crippen molar-refractivity contribution < 1.29 is 18.8 Å². The Labute approximate surface area is 158 Å². The highest BCUT2D eigenvalue weighted by atomic mass is 19.1. The van der Waals surface area contributed by atoms with Gasteiger partial charge in [-0.05, 0) is 62.5 Å². The van der Waals surface area contributed by atoms with Crippen molar-refractivity contribution in [3.05, 3.63) is 22.5 Å². The lowest BCUT2D eigenvalue weighted by molar-refractivity contribution is -0.397. The van der Waals surface area contributed by atoms with E-state index < -0.39 is 4.92 Å².